The van der Waals surface area contributed by atoms with Crippen LogP contribution in [0.2, 0.25) is 0 Å². The lowest BCUT2D eigenvalue weighted by Crippen LogP contribution is -2.66. The van der Waals surface area contributed by atoms with Crippen LogP contribution in [0.25, 0.3) is 0 Å². The lowest BCUT2D eigenvalue weighted by molar-refractivity contribution is -0.214. The van der Waals surface area contributed by atoms with Crippen molar-refractivity contribution in [2.75, 3.05) is 0 Å². The molecule has 32 heavy (non-hydrogen) atoms. The molecule has 4 unspecified atom stereocenters. The van der Waals surface area contributed by atoms with Crippen LogP contribution in [0.4, 0.5) is 0 Å². The zero-order valence-electron chi connectivity index (χ0n) is 21.4. The van der Waals surface area contributed by atoms with Gasteiger partial charge in [0.1, 0.15) is 17.7 Å². The lowest BCUT2D eigenvalue weighted by atomic mass is 9.35. The van der Waals surface area contributed by atoms with Crippen molar-refractivity contribution in [1.29, 1.82) is 0 Å². The average molecular weight is 445 g/mol. The molecule has 0 amide bonds. The number of hydrogen-bond donors (Lipinski definition) is 0. The fraction of sp³-hybridized carbons (Fsp3) is 0.893. The summed E-state index contributed by atoms with van der Waals surface area (Å²) < 4.78 is 5.73. The number of esters is 1. The van der Waals surface area contributed by atoms with Crippen LogP contribution in [0.5, 0.6) is 0 Å². The van der Waals surface area contributed by atoms with E-state index in [1.165, 1.54) is 39.0 Å². The molecule has 4 nitrogen and oxygen atoms in total. The van der Waals surface area contributed by atoms with Gasteiger partial charge in [-0.05, 0) is 79.4 Å². The highest BCUT2D eigenvalue weighted by Crippen LogP contribution is 2.72. The summed E-state index contributed by atoms with van der Waals surface area (Å²) in [7, 11) is 0. The van der Waals surface area contributed by atoms with Crippen molar-refractivity contribution >= 4 is 17.5 Å². The Labute approximate surface area is 194 Å². The standard InChI is InChI=1S/C28H44O4/c1-8-25(4)11-9-12-26(5)21(25)10-13-27(6)22-14-20(32-18(3)30)19(17(2)29)16-28(22,7)24(31)15-23(26)27/h19-23H,8-16H2,1-7H3/t19?,20-,21?,22?,23?,25-,26-,27-,28+/m0/s1. The Hall–Kier alpha value is -1.19. The first-order chi connectivity index (χ1) is 14.8. The van der Waals surface area contributed by atoms with Crippen molar-refractivity contribution in [3.8, 4) is 0 Å². The molecule has 9 atom stereocenters. The Kier molecular flexibility index (Phi) is 5.74. The molecular formula is C28H44O4. The average Bonchev–Trinajstić information content (AvgIpc) is 2.70. The van der Waals surface area contributed by atoms with Crippen LogP contribution >= 0.6 is 0 Å². The van der Waals surface area contributed by atoms with Crippen molar-refractivity contribution < 1.29 is 19.1 Å². The Morgan fingerprint density at radius 2 is 1.62 bits per heavy atom. The fourth-order valence-electron chi connectivity index (χ4n) is 9.66. The van der Waals surface area contributed by atoms with Crippen LogP contribution in [0.3, 0.4) is 0 Å². The van der Waals surface area contributed by atoms with Crippen LogP contribution in [0, 0.1) is 45.3 Å². The third kappa shape index (κ3) is 3.25. The molecule has 0 radical (unpaired) electrons. The quantitative estimate of drug-likeness (QED) is 0.490. The summed E-state index contributed by atoms with van der Waals surface area (Å²) in [5, 5.41) is 0. The van der Waals surface area contributed by atoms with Crippen molar-refractivity contribution in [2.45, 2.75) is 112 Å². The Bertz CT molecular complexity index is 818. The molecule has 0 saturated heterocycles. The van der Waals surface area contributed by atoms with Crippen LogP contribution in [0.1, 0.15) is 106 Å². The third-order valence-electron chi connectivity index (χ3n) is 11.5. The molecule has 0 heterocycles. The molecule has 0 aromatic carbocycles. The molecule has 4 saturated carbocycles. The number of carbonyl (C=O) groups is 3. The number of carbonyl (C=O) groups excluding carboxylic acids is 3. The SMILES string of the molecule is CC[C@@]1(C)CCC[C@@]2(C)C1CC[C@]1(C)C2CC(=O)[C@]2(C)CC(C(C)=O)[C@@H](OC(C)=O)CC12. The monoisotopic (exact) mass is 444 g/mol. The van der Waals surface area contributed by atoms with E-state index >= 15 is 0 Å². The zero-order valence-corrected chi connectivity index (χ0v) is 21.4. The van der Waals surface area contributed by atoms with Gasteiger partial charge in [-0.25, -0.2) is 0 Å². The number of ether oxygens (including phenoxy) is 1. The zero-order chi connectivity index (χ0) is 23.7. The van der Waals surface area contributed by atoms with Gasteiger partial charge in [0, 0.05) is 18.8 Å². The highest BCUT2D eigenvalue weighted by molar-refractivity contribution is 5.88. The Morgan fingerprint density at radius 1 is 0.969 bits per heavy atom. The molecule has 0 aromatic heterocycles. The van der Waals surface area contributed by atoms with Crippen molar-refractivity contribution in [3.05, 3.63) is 0 Å². The second-order valence-corrected chi connectivity index (χ2v) is 12.9. The van der Waals surface area contributed by atoms with Gasteiger partial charge in [0.15, 0.2) is 0 Å². The highest BCUT2D eigenvalue weighted by atomic mass is 16.5. The summed E-state index contributed by atoms with van der Waals surface area (Å²) in [4.78, 5) is 38.3. The van der Waals surface area contributed by atoms with Gasteiger partial charge in [0.25, 0.3) is 0 Å². The van der Waals surface area contributed by atoms with Crippen molar-refractivity contribution in [3.63, 3.8) is 0 Å². The van der Waals surface area contributed by atoms with Crippen molar-refractivity contribution in [1.82, 2.24) is 0 Å². The molecule has 4 fully saturated rings. The van der Waals surface area contributed by atoms with Crippen LogP contribution < -0.4 is 0 Å². The molecule has 4 heteroatoms. The number of fused-ring (bicyclic) bond motifs is 5. The van der Waals surface area contributed by atoms with E-state index in [0.29, 0.717) is 42.3 Å². The summed E-state index contributed by atoms with van der Waals surface area (Å²) in [6, 6.07) is 0. The Morgan fingerprint density at radius 3 is 2.22 bits per heavy atom. The van der Waals surface area contributed by atoms with Gasteiger partial charge >= 0.3 is 5.97 Å². The van der Waals surface area contributed by atoms with Crippen LogP contribution in [-0.2, 0) is 19.1 Å². The largest absolute Gasteiger partial charge is 0.462 e. The topological polar surface area (TPSA) is 60.4 Å². The molecule has 0 bridgehead atoms. The van der Waals surface area contributed by atoms with Gasteiger partial charge in [-0.2, -0.15) is 0 Å². The Balaban J connectivity index is 1.75. The maximum atomic E-state index is 13.9. The van der Waals surface area contributed by atoms with E-state index in [9.17, 15) is 14.4 Å². The van der Waals surface area contributed by atoms with Gasteiger partial charge in [0.2, 0.25) is 0 Å². The fourth-order valence-corrected chi connectivity index (χ4v) is 9.66. The molecule has 0 aliphatic heterocycles. The molecule has 4 rings (SSSR count). The minimum Gasteiger partial charge on any atom is -0.462 e. The third-order valence-corrected chi connectivity index (χ3v) is 11.5. The summed E-state index contributed by atoms with van der Waals surface area (Å²) in [6.07, 6.45) is 8.77. The molecule has 0 spiro atoms. The molecule has 0 aromatic rings. The number of Topliss-reactive ketones (excluding diaryl/α,β-unsaturated/α-hetero) is 2. The molecule has 4 aliphatic rings. The smallest absolute Gasteiger partial charge is 0.302 e. The minimum atomic E-state index is -0.496. The predicted octanol–water partition coefficient (Wildman–Crippen LogP) is 6.15. The molecular weight excluding hydrogens is 400 g/mol. The van der Waals surface area contributed by atoms with E-state index in [1.54, 1.807) is 6.92 Å². The molecule has 4 aliphatic carbocycles. The van der Waals surface area contributed by atoms with E-state index in [4.69, 9.17) is 4.74 Å². The van der Waals surface area contributed by atoms with Crippen LogP contribution in [0.15, 0.2) is 0 Å². The first-order valence-corrected chi connectivity index (χ1v) is 13.0. The summed E-state index contributed by atoms with van der Waals surface area (Å²) in [6.45, 7) is 14.9. The summed E-state index contributed by atoms with van der Waals surface area (Å²) >= 11 is 0. The number of rotatable bonds is 3. The highest BCUT2D eigenvalue weighted by Gasteiger charge is 2.68. The van der Waals surface area contributed by atoms with Crippen molar-refractivity contribution in [2.24, 2.45) is 45.3 Å². The second kappa shape index (κ2) is 7.67. The van der Waals surface area contributed by atoms with Gasteiger partial charge in [-0.3, -0.25) is 14.4 Å². The van der Waals surface area contributed by atoms with E-state index in [-0.39, 0.29) is 34.4 Å². The van der Waals surface area contributed by atoms with Gasteiger partial charge in [-0.15, -0.1) is 0 Å². The van der Waals surface area contributed by atoms with Gasteiger partial charge in [0.05, 0.1) is 5.92 Å². The maximum absolute atomic E-state index is 13.9. The molecule has 180 valence electrons. The van der Waals surface area contributed by atoms with E-state index in [1.807, 2.05) is 0 Å². The minimum absolute atomic E-state index is 0.0395. The molecule has 0 N–H and O–H groups in total. The van der Waals surface area contributed by atoms with E-state index in [2.05, 4.69) is 34.6 Å². The maximum Gasteiger partial charge on any atom is 0.302 e. The van der Waals surface area contributed by atoms with E-state index in [0.717, 1.165) is 6.42 Å². The number of hydrogen-bond acceptors (Lipinski definition) is 4. The first-order valence-electron chi connectivity index (χ1n) is 13.0. The van der Waals surface area contributed by atoms with E-state index < -0.39 is 11.5 Å². The first kappa shape index (κ1) is 24.0. The summed E-state index contributed by atoms with van der Waals surface area (Å²) in [5.74, 6) is 0.901. The predicted molar refractivity (Wildman–Crippen MR) is 125 cm³/mol. The van der Waals surface area contributed by atoms with Gasteiger partial charge < -0.3 is 4.74 Å². The summed E-state index contributed by atoms with van der Waals surface area (Å²) in [5.41, 5.74) is 0.0935. The lowest BCUT2D eigenvalue weighted by Gasteiger charge is -2.69. The normalized spacial score (nSPS) is 50.6. The number of ketones is 2. The van der Waals surface area contributed by atoms with Crippen LogP contribution in [-0.4, -0.2) is 23.6 Å². The van der Waals surface area contributed by atoms with Gasteiger partial charge in [-0.1, -0.05) is 47.5 Å². The second-order valence-electron chi connectivity index (χ2n) is 12.9.